The first-order chi connectivity index (χ1) is 15.8. The summed E-state index contributed by atoms with van der Waals surface area (Å²) in [5.74, 6) is 1.01. The van der Waals surface area contributed by atoms with Crippen molar-refractivity contribution in [2.45, 2.75) is 45.3 Å². The number of halogens is 1. The third-order valence-electron chi connectivity index (χ3n) is 4.95. The molecule has 0 amide bonds. The van der Waals surface area contributed by atoms with Gasteiger partial charge in [-0.25, -0.2) is 0 Å². The van der Waals surface area contributed by atoms with Gasteiger partial charge >= 0.3 is 5.97 Å². The lowest BCUT2D eigenvalue weighted by Gasteiger charge is -2.11. The molecule has 0 saturated heterocycles. The Morgan fingerprint density at radius 2 is 2.12 bits per heavy atom. The van der Waals surface area contributed by atoms with Gasteiger partial charge in [0.25, 0.3) is 0 Å². The summed E-state index contributed by atoms with van der Waals surface area (Å²) in [5, 5.41) is 21.1. The van der Waals surface area contributed by atoms with E-state index in [9.17, 15) is 15.0 Å². The van der Waals surface area contributed by atoms with Crippen LogP contribution in [0.5, 0.6) is 5.75 Å². The van der Waals surface area contributed by atoms with E-state index in [2.05, 4.69) is 0 Å². The summed E-state index contributed by atoms with van der Waals surface area (Å²) in [7, 11) is 0. The molecule has 0 saturated carbocycles. The molecule has 176 valence electrons. The lowest BCUT2D eigenvalue weighted by molar-refractivity contribution is -0.147. The highest BCUT2D eigenvalue weighted by atomic mass is 35.5. The van der Waals surface area contributed by atoms with Crippen LogP contribution in [0.2, 0.25) is 5.02 Å². The van der Waals surface area contributed by atoms with Gasteiger partial charge in [0.15, 0.2) is 0 Å². The van der Waals surface area contributed by atoms with E-state index < -0.39 is 6.10 Å². The van der Waals surface area contributed by atoms with Gasteiger partial charge < -0.3 is 24.4 Å². The van der Waals surface area contributed by atoms with E-state index in [4.69, 9.17) is 25.8 Å². The van der Waals surface area contributed by atoms with Crippen LogP contribution in [-0.2, 0) is 14.3 Å². The predicted octanol–water partition coefficient (Wildman–Crippen LogP) is 5.35. The Hall–Kier alpha value is -2.96. The van der Waals surface area contributed by atoms with Crippen LogP contribution in [0.1, 0.15) is 33.1 Å². The monoisotopic (exact) mass is 472 g/mol. The largest absolute Gasteiger partial charge is 0.507 e. The van der Waals surface area contributed by atoms with Crippen molar-refractivity contribution in [1.29, 1.82) is 0 Å². The molecule has 0 spiro atoms. The molecule has 1 aliphatic heterocycles. The average molecular weight is 473 g/mol. The summed E-state index contributed by atoms with van der Waals surface area (Å²) in [6.45, 7) is 4.09. The highest BCUT2D eigenvalue weighted by molar-refractivity contribution is 6.30. The molecule has 1 aliphatic carbocycles. The van der Waals surface area contributed by atoms with E-state index >= 15 is 0 Å². The fourth-order valence-electron chi connectivity index (χ4n) is 3.37. The Morgan fingerprint density at radius 1 is 1.30 bits per heavy atom. The molecule has 1 aromatic rings. The molecule has 0 aromatic heterocycles. The number of benzene rings is 1. The Labute approximate surface area is 199 Å². The zero-order valence-electron chi connectivity index (χ0n) is 18.8. The van der Waals surface area contributed by atoms with Crippen LogP contribution >= 0.6 is 11.6 Å². The minimum absolute atomic E-state index is 0.0456. The van der Waals surface area contributed by atoms with Crippen LogP contribution in [0, 0.1) is 0 Å². The van der Waals surface area contributed by atoms with Crippen LogP contribution in [0.25, 0.3) is 0 Å². The zero-order valence-corrected chi connectivity index (χ0v) is 19.5. The summed E-state index contributed by atoms with van der Waals surface area (Å²) in [4.78, 5) is 11.7. The molecule has 2 aliphatic rings. The van der Waals surface area contributed by atoms with Crippen molar-refractivity contribution < 1.29 is 29.2 Å². The average Bonchev–Trinajstić information content (AvgIpc) is 2.92. The number of hydrogen-bond donors (Lipinski definition) is 2. The van der Waals surface area contributed by atoms with Gasteiger partial charge in [-0.15, -0.1) is 0 Å². The first kappa shape index (κ1) is 24.7. The van der Waals surface area contributed by atoms with Crippen LogP contribution < -0.4 is 4.74 Å². The van der Waals surface area contributed by atoms with Gasteiger partial charge in [0.2, 0.25) is 0 Å². The second kappa shape index (κ2) is 11.8. The third kappa shape index (κ3) is 7.55. The van der Waals surface area contributed by atoms with E-state index in [-0.39, 0.29) is 24.4 Å². The van der Waals surface area contributed by atoms with Gasteiger partial charge in [-0.2, -0.15) is 0 Å². The number of rotatable bonds is 10. The van der Waals surface area contributed by atoms with E-state index in [1.807, 2.05) is 26.0 Å². The molecule has 3 rings (SSSR count). The summed E-state index contributed by atoms with van der Waals surface area (Å²) in [5.41, 5.74) is 2.35. The van der Waals surface area contributed by atoms with Gasteiger partial charge in [-0.05, 0) is 50.5 Å². The van der Waals surface area contributed by atoms with Crippen molar-refractivity contribution in [2.75, 3.05) is 13.2 Å². The predicted molar refractivity (Wildman–Crippen MR) is 127 cm³/mol. The van der Waals surface area contributed by atoms with Gasteiger partial charge in [0.1, 0.15) is 36.6 Å². The van der Waals surface area contributed by atoms with Crippen molar-refractivity contribution in [3.05, 3.63) is 87.9 Å². The van der Waals surface area contributed by atoms with Crippen LogP contribution in [0.15, 0.2) is 82.9 Å². The molecule has 0 unspecified atom stereocenters. The van der Waals surface area contributed by atoms with Crippen molar-refractivity contribution in [2.24, 2.45) is 0 Å². The lowest BCUT2D eigenvalue weighted by Crippen LogP contribution is -2.14. The Kier molecular flexibility index (Phi) is 8.80. The van der Waals surface area contributed by atoms with Crippen LogP contribution in [-0.4, -0.2) is 41.6 Å². The molecule has 7 heteroatoms. The summed E-state index contributed by atoms with van der Waals surface area (Å²) < 4.78 is 16.6. The maximum Gasteiger partial charge on any atom is 0.306 e. The fourth-order valence-corrected chi connectivity index (χ4v) is 3.56. The molecule has 6 nitrogen and oxygen atoms in total. The molecular weight excluding hydrogens is 444 g/mol. The smallest absolute Gasteiger partial charge is 0.306 e. The normalized spacial score (nSPS) is 16.6. The second-order valence-electron chi connectivity index (χ2n) is 8.09. The molecule has 1 atom stereocenters. The minimum atomic E-state index is -0.877. The van der Waals surface area contributed by atoms with Crippen LogP contribution in [0.3, 0.4) is 0 Å². The first-order valence-electron chi connectivity index (χ1n) is 10.9. The quantitative estimate of drug-likeness (QED) is 0.446. The number of esters is 1. The van der Waals surface area contributed by atoms with E-state index in [1.54, 1.807) is 42.5 Å². The number of allylic oxidation sites excluding steroid dienone is 5. The number of carbonyl (C=O) groups is 1. The molecule has 33 heavy (non-hydrogen) atoms. The van der Waals surface area contributed by atoms with E-state index in [0.717, 1.165) is 11.1 Å². The molecule has 1 aromatic carbocycles. The van der Waals surface area contributed by atoms with E-state index in [1.165, 1.54) is 0 Å². The number of aliphatic hydroxyl groups is 2. The van der Waals surface area contributed by atoms with Gasteiger partial charge in [0, 0.05) is 28.7 Å². The van der Waals surface area contributed by atoms with Crippen molar-refractivity contribution in [3.8, 4) is 5.75 Å². The maximum atomic E-state index is 11.7. The number of hydrogen-bond acceptors (Lipinski definition) is 6. The van der Waals surface area contributed by atoms with Gasteiger partial charge in [-0.1, -0.05) is 42.0 Å². The SMILES string of the molecule is CC(C)OC(=O)CCCC1=CC=C2C(=CC(O)=C2/C=C/[C@@H](O)COc2cccc(Cl)c2)OC1. The molecular formula is C26H29ClO6. The standard InChI is InChI=1S/C26H29ClO6/c1-17(2)33-26(30)8-3-5-18-9-11-23-22(24(29)14-25(23)32-15-18)12-10-20(28)16-31-21-7-4-6-19(27)13-21/h4,6-7,9-14,17,20,28-29H,3,5,8,15-16H2,1-2H3/b12-10+/t20-/m1/s1. The number of carbonyl (C=O) groups excluding carboxylic acids is 1. The van der Waals surface area contributed by atoms with Gasteiger partial charge in [-0.3, -0.25) is 4.79 Å². The zero-order chi connectivity index (χ0) is 23.8. The number of ether oxygens (including phenoxy) is 3. The lowest BCUT2D eigenvalue weighted by atomic mass is 10.1. The van der Waals surface area contributed by atoms with Crippen molar-refractivity contribution in [3.63, 3.8) is 0 Å². The van der Waals surface area contributed by atoms with Crippen LogP contribution in [0.4, 0.5) is 0 Å². The fraction of sp³-hybridized carbons (Fsp3) is 0.346. The molecule has 0 radical (unpaired) electrons. The topological polar surface area (TPSA) is 85.2 Å². The molecule has 0 fully saturated rings. The summed E-state index contributed by atoms with van der Waals surface area (Å²) in [6.07, 6.45) is 9.38. The third-order valence-corrected chi connectivity index (χ3v) is 5.18. The van der Waals surface area contributed by atoms with Gasteiger partial charge in [0.05, 0.1) is 6.10 Å². The highest BCUT2D eigenvalue weighted by Crippen LogP contribution is 2.34. The Bertz CT molecular complexity index is 1020. The van der Waals surface area contributed by atoms with E-state index in [0.29, 0.717) is 48.0 Å². The maximum absolute atomic E-state index is 11.7. The van der Waals surface area contributed by atoms with Crippen molar-refractivity contribution in [1.82, 2.24) is 0 Å². The number of aliphatic hydroxyl groups excluding tert-OH is 2. The molecule has 0 bridgehead atoms. The van der Waals surface area contributed by atoms with Crippen molar-refractivity contribution >= 4 is 17.6 Å². The Balaban J connectivity index is 1.56. The summed E-state index contributed by atoms with van der Waals surface area (Å²) in [6, 6.07) is 6.94. The number of fused-ring (bicyclic) bond motifs is 1. The second-order valence-corrected chi connectivity index (χ2v) is 8.52. The Morgan fingerprint density at radius 3 is 2.88 bits per heavy atom. The molecule has 2 N–H and O–H groups in total. The molecule has 1 heterocycles. The highest BCUT2D eigenvalue weighted by Gasteiger charge is 2.23. The first-order valence-corrected chi connectivity index (χ1v) is 11.3. The summed E-state index contributed by atoms with van der Waals surface area (Å²) >= 11 is 5.93. The minimum Gasteiger partial charge on any atom is -0.507 e.